The summed E-state index contributed by atoms with van der Waals surface area (Å²) in [5.41, 5.74) is 12.0. The molecule has 3 amide bonds. The first-order valence-corrected chi connectivity index (χ1v) is 6.17. The number of nitrogens with two attached hydrogens (primary N) is 2. The highest BCUT2D eigenvalue weighted by Crippen LogP contribution is 2.14. The first kappa shape index (κ1) is 15.0. The van der Waals surface area contributed by atoms with Gasteiger partial charge in [-0.15, -0.1) is 0 Å². The van der Waals surface area contributed by atoms with Crippen LogP contribution in [0, 0.1) is 5.92 Å². The van der Waals surface area contributed by atoms with Crippen molar-refractivity contribution < 1.29 is 9.59 Å². The van der Waals surface area contributed by atoms with Crippen LogP contribution >= 0.6 is 0 Å². The molecule has 1 aromatic carbocycles. The molecule has 1 aromatic rings. The Kier molecular flexibility index (Phi) is 5.32. The van der Waals surface area contributed by atoms with Gasteiger partial charge in [0.05, 0.1) is 6.04 Å². The summed E-state index contributed by atoms with van der Waals surface area (Å²) in [7, 11) is 0. The fourth-order valence-electron chi connectivity index (χ4n) is 1.52. The van der Waals surface area contributed by atoms with Crippen LogP contribution in [0.2, 0.25) is 0 Å². The van der Waals surface area contributed by atoms with E-state index in [2.05, 4.69) is 10.6 Å². The molecule has 0 aliphatic heterocycles. The summed E-state index contributed by atoms with van der Waals surface area (Å²) >= 11 is 0. The molecular formula is C13H20N4O2. The fraction of sp³-hybridized carbons (Fsp3) is 0.385. The molecule has 6 N–H and O–H groups in total. The van der Waals surface area contributed by atoms with Gasteiger partial charge in [-0.1, -0.05) is 20.3 Å². The number of primary amides is 1. The van der Waals surface area contributed by atoms with Gasteiger partial charge in [-0.25, -0.2) is 4.79 Å². The molecule has 0 aliphatic rings. The summed E-state index contributed by atoms with van der Waals surface area (Å²) in [6, 6.07) is 5.48. The lowest BCUT2D eigenvalue weighted by atomic mass is 9.99. The average molecular weight is 264 g/mol. The lowest BCUT2D eigenvalue weighted by Gasteiger charge is -2.17. The van der Waals surface area contributed by atoms with Gasteiger partial charge in [0.25, 0.3) is 0 Å². The predicted molar refractivity (Wildman–Crippen MR) is 75.7 cm³/mol. The van der Waals surface area contributed by atoms with E-state index >= 15 is 0 Å². The molecule has 104 valence electrons. The summed E-state index contributed by atoms with van der Waals surface area (Å²) in [5, 5.41) is 5.17. The molecule has 0 aromatic heterocycles. The second-order valence-electron chi connectivity index (χ2n) is 4.47. The zero-order valence-electron chi connectivity index (χ0n) is 11.1. The normalized spacial score (nSPS) is 13.4. The molecule has 6 heteroatoms. The Bertz CT molecular complexity index is 444. The Balaban J connectivity index is 2.62. The van der Waals surface area contributed by atoms with Gasteiger partial charge in [0, 0.05) is 11.4 Å². The number of rotatable bonds is 5. The van der Waals surface area contributed by atoms with Gasteiger partial charge >= 0.3 is 6.03 Å². The number of carbonyl (C=O) groups excluding carboxylic acids is 2. The van der Waals surface area contributed by atoms with Gasteiger partial charge < -0.3 is 22.1 Å². The van der Waals surface area contributed by atoms with Crippen molar-refractivity contribution >= 4 is 23.3 Å². The smallest absolute Gasteiger partial charge is 0.316 e. The number of hydrogen-bond acceptors (Lipinski definition) is 3. The zero-order chi connectivity index (χ0) is 14.4. The highest BCUT2D eigenvalue weighted by atomic mass is 16.2. The molecular weight excluding hydrogens is 244 g/mol. The second kappa shape index (κ2) is 6.75. The number of nitrogens with one attached hydrogen (secondary N) is 2. The largest absolute Gasteiger partial charge is 0.351 e. The van der Waals surface area contributed by atoms with Crippen LogP contribution in [-0.2, 0) is 4.79 Å². The number of amides is 3. The van der Waals surface area contributed by atoms with Crippen LogP contribution in [0.25, 0.3) is 0 Å². The highest BCUT2D eigenvalue weighted by Gasteiger charge is 2.19. The van der Waals surface area contributed by atoms with Gasteiger partial charge in [-0.3, -0.25) is 4.79 Å². The second-order valence-corrected chi connectivity index (χ2v) is 4.47. The molecule has 0 bridgehead atoms. The van der Waals surface area contributed by atoms with Crippen LogP contribution < -0.4 is 22.1 Å². The molecule has 0 spiro atoms. The summed E-state index contributed by atoms with van der Waals surface area (Å²) in [6.07, 6.45) is 0.843. The number of hydrogen-bond donors (Lipinski definition) is 4. The van der Waals surface area contributed by atoms with Crippen LogP contribution in [-0.4, -0.2) is 18.0 Å². The van der Waals surface area contributed by atoms with Crippen molar-refractivity contribution in [2.45, 2.75) is 26.3 Å². The predicted octanol–water partition coefficient (Wildman–Crippen LogP) is 1.49. The topological polar surface area (TPSA) is 110 Å². The Labute approximate surface area is 112 Å². The fourth-order valence-corrected chi connectivity index (χ4v) is 1.52. The average Bonchev–Trinajstić information content (AvgIpc) is 2.38. The van der Waals surface area contributed by atoms with E-state index in [9.17, 15) is 9.59 Å². The minimum atomic E-state index is -0.629. The van der Waals surface area contributed by atoms with E-state index < -0.39 is 12.1 Å². The van der Waals surface area contributed by atoms with E-state index in [1.54, 1.807) is 24.3 Å². The molecule has 2 unspecified atom stereocenters. The van der Waals surface area contributed by atoms with Crippen molar-refractivity contribution in [1.29, 1.82) is 0 Å². The van der Waals surface area contributed by atoms with Crippen molar-refractivity contribution in [3.8, 4) is 0 Å². The van der Waals surface area contributed by atoms with E-state index in [0.717, 1.165) is 6.42 Å². The maximum absolute atomic E-state index is 11.8. The SMILES string of the molecule is CCC(C)C(N)C(=O)Nc1ccc(NC(N)=O)cc1. The third kappa shape index (κ3) is 4.59. The number of carbonyl (C=O) groups is 2. The zero-order valence-corrected chi connectivity index (χ0v) is 11.1. The molecule has 0 saturated carbocycles. The van der Waals surface area contributed by atoms with Crippen molar-refractivity contribution in [2.24, 2.45) is 17.4 Å². The molecule has 0 radical (unpaired) electrons. The molecule has 0 saturated heterocycles. The molecule has 6 nitrogen and oxygen atoms in total. The van der Waals surface area contributed by atoms with E-state index in [-0.39, 0.29) is 11.8 Å². The van der Waals surface area contributed by atoms with Gasteiger partial charge in [-0.2, -0.15) is 0 Å². The van der Waals surface area contributed by atoms with E-state index in [4.69, 9.17) is 11.5 Å². The Morgan fingerprint density at radius 2 is 1.63 bits per heavy atom. The molecule has 2 atom stereocenters. The number of anilines is 2. The lowest BCUT2D eigenvalue weighted by molar-refractivity contribution is -0.118. The highest BCUT2D eigenvalue weighted by molar-refractivity contribution is 5.95. The minimum Gasteiger partial charge on any atom is -0.351 e. The van der Waals surface area contributed by atoms with Crippen LogP contribution in [0.3, 0.4) is 0 Å². The Morgan fingerprint density at radius 3 is 2.05 bits per heavy atom. The van der Waals surface area contributed by atoms with Crippen molar-refractivity contribution in [2.75, 3.05) is 10.6 Å². The first-order chi connectivity index (χ1) is 8.93. The lowest BCUT2D eigenvalue weighted by Crippen LogP contribution is -2.40. The molecule has 19 heavy (non-hydrogen) atoms. The van der Waals surface area contributed by atoms with Crippen molar-refractivity contribution in [1.82, 2.24) is 0 Å². The minimum absolute atomic E-state index is 0.121. The van der Waals surface area contributed by atoms with Gasteiger partial charge in [0.15, 0.2) is 0 Å². The summed E-state index contributed by atoms with van der Waals surface area (Å²) in [6.45, 7) is 3.92. The Hall–Kier alpha value is -2.08. The maximum Gasteiger partial charge on any atom is 0.316 e. The van der Waals surface area contributed by atoms with E-state index in [1.807, 2.05) is 13.8 Å². The van der Waals surface area contributed by atoms with Crippen LogP contribution in [0.1, 0.15) is 20.3 Å². The van der Waals surface area contributed by atoms with Crippen LogP contribution in [0.15, 0.2) is 24.3 Å². The third-order valence-corrected chi connectivity index (χ3v) is 2.98. The Morgan fingerprint density at radius 1 is 1.16 bits per heavy atom. The van der Waals surface area contributed by atoms with Gasteiger partial charge in [-0.05, 0) is 30.2 Å². The summed E-state index contributed by atoms with van der Waals surface area (Å²) in [4.78, 5) is 22.5. The van der Waals surface area contributed by atoms with Gasteiger partial charge in [0.1, 0.15) is 0 Å². The summed E-state index contributed by atoms with van der Waals surface area (Å²) < 4.78 is 0. The van der Waals surface area contributed by atoms with E-state index in [0.29, 0.717) is 11.4 Å². The third-order valence-electron chi connectivity index (χ3n) is 2.98. The van der Waals surface area contributed by atoms with E-state index in [1.165, 1.54) is 0 Å². The maximum atomic E-state index is 11.8. The summed E-state index contributed by atoms with van der Waals surface area (Å²) in [5.74, 6) is -0.0965. The van der Waals surface area contributed by atoms with Crippen molar-refractivity contribution in [3.63, 3.8) is 0 Å². The van der Waals surface area contributed by atoms with Crippen LogP contribution in [0.4, 0.5) is 16.2 Å². The van der Waals surface area contributed by atoms with Crippen LogP contribution in [0.5, 0.6) is 0 Å². The quantitative estimate of drug-likeness (QED) is 0.646. The first-order valence-electron chi connectivity index (χ1n) is 6.17. The molecule has 1 rings (SSSR count). The number of urea groups is 1. The molecule has 0 heterocycles. The van der Waals surface area contributed by atoms with Crippen molar-refractivity contribution in [3.05, 3.63) is 24.3 Å². The standard InChI is InChI=1S/C13H20N4O2/c1-3-8(2)11(14)12(18)16-9-4-6-10(7-5-9)17-13(15)19/h4-8,11H,3,14H2,1-2H3,(H,16,18)(H3,15,17,19). The molecule has 0 aliphatic carbocycles. The monoisotopic (exact) mass is 264 g/mol. The molecule has 0 fully saturated rings. The number of benzene rings is 1. The van der Waals surface area contributed by atoms with Gasteiger partial charge in [0.2, 0.25) is 5.91 Å².